The third-order valence-electron chi connectivity index (χ3n) is 4.58. The van der Waals surface area contributed by atoms with Crippen molar-refractivity contribution < 1.29 is 9.59 Å². The number of nitrogens with one attached hydrogen (secondary N) is 1. The van der Waals surface area contributed by atoms with Crippen LogP contribution in [-0.2, 0) is 4.79 Å². The summed E-state index contributed by atoms with van der Waals surface area (Å²) in [5.41, 5.74) is 1.07. The van der Waals surface area contributed by atoms with Crippen molar-refractivity contribution in [1.29, 1.82) is 0 Å². The van der Waals surface area contributed by atoms with Crippen molar-refractivity contribution in [2.24, 2.45) is 11.8 Å². The molecule has 3 rings (SSSR count). The Morgan fingerprint density at radius 1 is 1.19 bits per heavy atom. The molecular formula is C19H25N5O2. The van der Waals surface area contributed by atoms with Gasteiger partial charge in [-0.2, -0.15) is 0 Å². The van der Waals surface area contributed by atoms with Crippen LogP contribution in [0.1, 0.15) is 44.1 Å². The third kappa shape index (κ3) is 4.09. The van der Waals surface area contributed by atoms with Gasteiger partial charge in [-0.25, -0.2) is 9.97 Å². The highest BCUT2D eigenvalue weighted by atomic mass is 16.2. The van der Waals surface area contributed by atoms with Gasteiger partial charge in [0, 0.05) is 25.7 Å². The Bertz CT molecular complexity index is 773. The number of piperidine rings is 1. The van der Waals surface area contributed by atoms with E-state index >= 15 is 0 Å². The molecule has 0 aliphatic carbocycles. The summed E-state index contributed by atoms with van der Waals surface area (Å²) in [7, 11) is 0. The first kappa shape index (κ1) is 18.1. The van der Waals surface area contributed by atoms with Gasteiger partial charge in [-0.15, -0.1) is 0 Å². The van der Waals surface area contributed by atoms with Gasteiger partial charge >= 0.3 is 0 Å². The molecule has 1 saturated heterocycles. The fraction of sp³-hybridized carbons (Fsp3) is 0.474. The summed E-state index contributed by atoms with van der Waals surface area (Å²) in [6.45, 7) is 7.71. The summed E-state index contributed by atoms with van der Waals surface area (Å²) in [5.74, 6) is 1.58. The van der Waals surface area contributed by atoms with Crippen LogP contribution in [0.4, 0.5) is 5.69 Å². The zero-order valence-corrected chi connectivity index (χ0v) is 15.5. The lowest BCUT2D eigenvalue weighted by molar-refractivity contribution is -0.115. The van der Waals surface area contributed by atoms with Gasteiger partial charge in [0.05, 0.1) is 11.9 Å². The first-order chi connectivity index (χ1) is 12.5. The molecule has 1 aliphatic rings. The van der Waals surface area contributed by atoms with Gasteiger partial charge in [-0.05, 0) is 30.4 Å². The van der Waals surface area contributed by atoms with E-state index in [1.54, 1.807) is 42.3 Å². The summed E-state index contributed by atoms with van der Waals surface area (Å²) < 4.78 is 1.72. The molecule has 0 unspecified atom stereocenters. The third-order valence-corrected chi connectivity index (χ3v) is 4.58. The number of carbonyl (C=O) groups excluding carboxylic acids is 2. The number of imidazole rings is 1. The van der Waals surface area contributed by atoms with Crippen molar-refractivity contribution in [2.45, 2.75) is 33.6 Å². The minimum atomic E-state index is -0.0555. The standard InChI is InChI=1S/C19H25N5O2/c1-4-18(25)22-15-5-6-17(20-8-15)24-11-16(21-12-24)19(26)23-9-13(2)7-14(3)10-23/h5-6,8,11-14H,4,7,9-10H2,1-3H3,(H,22,25)/t13-,14+. The van der Waals surface area contributed by atoms with E-state index in [2.05, 4.69) is 29.1 Å². The number of aromatic nitrogens is 3. The maximum atomic E-state index is 12.7. The van der Waals surface area contributed by atoms with Crippen LogP contribution in [-0.4, -0.2) is 44.3 Å². The Balaban J connectivity index is 1.71. The molecule has 1 fully saturated rings. The number of pyridine rings is 1. The van der Waals surface area contributed by atoms with E-state index in [1.165, 1.54) is 0 Å². The molecule has 0 bridgehead atoms. The molecule has 7 heteroatoms. The monoisotopic (exact) mass is 355 g/mol. The Morgan fingerprint density at radius 3 is 2.54 bits per heavy atom. The quantitative estimate of drug-likeness (QED) is 0.914. The molecule has 1 aliphatic heterocycles. The van der Waals surface area contributed by atoms with Gasteiger partial charge in [0.2, 0.25) is 5.91 Å². The Kier molecular flexibility index (Phi) is 5.35. The molecule has 2 atom stereocenters. The molecular weight excluding hydrogens is 330 g/mol. The highest BCUT2D eigenvalue weighted by Gasteiger charge is 2.27. The molecule has 2 aromatic heterocycles. The molecule has 138 valence electrons. The number of amides is 2. The fourth-order valence-electron chi connectivity index (χ4n) is 3.41. The van der Waals surface area contributed by atoms with Crippen molar-refractivity contribution >= 4 is 17.5 Å². The van der Waals surface area contributed by atoms with Crippen LogP contribution in [0, 0.1) is 11.8 Å². The van der Waals surface area contributed by atoms with Crippen molar-refractivity contribution in [3.05, 3.63) is 36.5 Å². The lowest BCUT2D eigenvalue weighted by atomic mass is 9.92. The number of hydrogen-bond donors (Lipinski definition) is 1. The van der Waals surface area contributed by atoms with E-state index < -0.39 is 0 Å². The molecule has 2 aromatic rings. The predicted octanol–water partition coefficient (Wildman–Crippen LogP) is 2.73. The van der Waals surface area contributed by atoms with Crippen LogP contribution < -0.4 is 5.32 Å². The average Bonchev–Trinajstić information content (AvgIpc) is 3.10. The molecule has 26 heavy (non-hydrogen) atoms. The second kappa shape index (κ2) is 7.68. The Hall–Kier alpha value is -2.70. The minimum Gasteiger partial charge on any atom is -0.337 e. The minimum absolute atomic E-state index is 0.0334. The average molecular weight is 355 g/mol. The number of rotatable bonds is 4. The molecule has 0 saturated carbocycles. The lowest BCUT2D eigenvalue weighted by Crippen LogP contribution is -2.42. The van der Waals surface area contributed by atoms with E-state index in [9.17, 15) is 9.59 Å². The number of hydrogen-bond acceptors (Lipinski definition) is 4. The van der Waals surface area contributed by atoms with E-state index in [1.807, 2.05) is 4.90 Å². The van der Waals surface area contributed by atoms with Gasteiger partial charge in [0.15, 0.2) is 0 Å². The lowest BCUT2D eigenvalue weighted by Gasteiger charge is -2.34. The molecule has 2 amide bonds. The van der Waals surface area contributed by atoms with Crippen molar-refractivity contribution in [3.63, 3.8) is 0 Å². The number of anilines is 1. The van der Waals surface area contributed by atoms with E-state index in [-0.39, 0.29) is 11.8 Å². The van der Waals surface area contributed by atoms with Crippen molar-refractivity contribution in [2.75, 3.05) is 18.4 Å². The van der Waals surface area contributed by atoms with E-state index in [0.717, 1.165) is 19.5 Å². The van der Waals surface area contributed by atoms with Gasteiger partial charge in [-0.3, -0.25) is 14.2 Å². The molecule has 3 heterocycles. The highest BCUT2D eigenvalue weighted by Crippen LogP contribution is 2.22. The number of likely N-dealkylation sites (tertiary alicyclic amines) is 1. The topological polar surface area (TPSA) is 80.1 Å². The smallest absolute Gasteiger partial charge is 0.274 e. The summed E-state index contributed by atoms with van der Waals surface area (Å²) in [4.78, 5) is 34.6. The van der Waals surface area contributed by atoms with Crippen LogP contribution in [0.25, 0.3) is 5.82 Å². The molecule has 1 N–H and O–H groups in total. The highest BCUT2D eigenvalue weighted by molar-refractivity contribution is 5.92. The first-order valence-electron chi connectivity index (χ1n) is 9.05. The normalized spacial score (nSPS) is 20.0. The van der Waals surface area contributed by atoms with Gasteiger partial charge in [0.1, 0.15) is 17.8 Å². The SMILES string of the molecule is CCC(=O)Nc1ccc(-n2cnc(C(=O)N3C[C@H](C)C[C@H](C)C3)c2)nc1. The molecule has 0 radical (unpaired) electrons. The van der Waals surface area contributed by atoms with Crippen LogP contribution in [0.3, 0.4) is 0 Å². The van der Waals surface area contributed by atoms with Gasteiger partial charge in [-0.1, -0.05) is 20.8 Å². The van der Waals surface area contributed by atoms with Gasteiger partial charge < -0.3 is 10.2 Å². The summed E-state index contributed by atoms with van der Waals surface area (Å²) in [6.07, 6.45) is 6.47. The number of carbonyl (C=O) groups is 2. The summed E-state index contributed by atoms with van der Waals surface area (Å²) >= 11 is 0. The van der Waals surface area contributed by atoms with Crippen LogP contribution in [0.15, 0.2) is 30.9 Å². The number of nitrogens with zero attached hydrogens (tertiary/aromatic N) is 4. The maximum Gasteiger partial charge on any atom is 0.274 e. The second-order valence-corrected chi connectivity index (χ2v) is 7.13. The van der Waals surface area contributed by atoms with Crippen molar-refractivity contribution in [3.8, 4) is 5.82 Å². The first-order valence-corrected chi connectivity index (χ1v) is 9.05. The predicted molar refractivity (Wildman–Crippen MR) is 99.1 cm³/mol. The van der Waals surface area contributed by atoms with E-state index in [0.29, 0.717) is 35.5 Å². The second-order valence-electron chi connectivity index (χ2n) is 7.13. The summed E-state index contributed by atoms with van der Waals surface area (Å²) in [5, 5.41) is 2.76. The summed E-state index contributed by atoms with van der Waals surface area (Å²) in [6, 6.07) is 3.57. The van der Waals surface area contributed by atoms with Crippen LogP contribution in [0.2, 0.25) is 0 Å². The van der Waals surface area contributed by atoms with Crippen molar-refractivity contribution in [1.82, 2.24) is 19.4 Å². The zero-order chi connectivity index (χ0) is 18.7. The molecule has 0 spiro atoms. The molecule has 7 nitrogen and oxygen atoms in total. The Labute approximate surface area is 153 Å². The fourth-order valence-corrected chi connectivity index (χ4v) is 3.41. The zero-order valence-electron chi connectivity index (χ0n) is 15.5. The van der Waals surface area contributed by atoms with Crippen LogP contribution >= 0.6 is 0 Å². The maximum absolute atomic E-state index is 12.7. The van der Waals surface area contributed by atoms with E-state index in [4.69, 9.17) is 0 Å². The largest absolute Gasteiger partial charge is 0.337 e. The van der Waals surface area contributed by atoms with Crippen LogP contribution in [0.5, 0.6) is 0 Å². The van der Waals surface area contributed by atoms with Gasteiger partial charge in [0.25, 0.3) is 5.91 Å². The Morgan fingerprint density at radius 2 is 1.92 bits per heavy atom. The molecule has 0 aromatic carbocycles.